The largest absolute Gasteiger partial charge is 0.481 e. The Kier molecular flexibility index (Phi) is 4.30. The summed E-state index contributed by atoms with van der Waals surface area (Å²) in [7, 11) is -3.87. The lowest BCUT2D eigenvalue weighted by molar-refractivity contribution is -0.143. The molecule has 0 amide bonds. The summed E-state index contributed by atoms with van der Waals surface area (Å²) in [5.41, 5.74) is 0.0714. The minimum absolute atomic E-state index is 0.0569. The van der Waals surface area contributed by atoms with Crippen molar-refractivity contribution in [2.45, 2.75) is 30.7 Å². The van der Waals surface area contributed by atoms with E-state index < -0.39 is 21.9 Å². The monoisotopic (exact) mass is 308 g/mol. The molecule has 0 aromatic heterocycles. The zero-order chi connectivity index (χ0) is 15.6. The highest BCUT2D eigenvalue weighted by atomic mass is 32.2. The van der Waals surface area contributed by atoms with Gasteiger partial charge in [-0.05, 0) is 31.9 Å². The standard InChI is InChI=1S/C14H16N2O4S/c1-10-6-7-12(14(17)18)9-16(10)21(19,20)13-5-3-2-4-11(13)8-15/h2-5,10,12H,6-7,9H2,1H3,(H,17,18). The van der Waals surface area contributed by atoms with Crippen molar-refractivity contribution in [1.29, 1.82) is 5.26 Å². The van der Waals surface area contributed by atoms with Crippen LogP contribution in [0.3, 0.4) is 0 Å². The maximum Gasteiger partial charge on any atom is 0.307 e. The van der Waals surface area contributed by atoms with Crippen LogP contribution in [0.25, 0.3) is 0 Å². The molecule has 0 radical (unpaired) electrons. The van der Waals surface area contributed by atoms with Crippen LogP contribution in [0.1, 0.15) is 25.3 Å². The van der Waals surface area contributed by atoms with E-state index >= 15 is 0 Å². The highest BCUT2D eigenvalue weighted by molar-refractivity contribution is 7.89. The average Bonchev–Trinajstić information content (AvgIpc) is 2.47. The third-order valence-corrected chi connectivity index (χ3v) is 5.81. The van der Waals surface area contributed by atoms with Crippen molar-refractivity contribution < 1.29 is 18.3 Å². The van der Waals surface area contributed by atoms with Gasteiger partial charge in [-0.3, -0.25) is 4.79 Å². The van der Waals surface area contributed by atoms with Crippen molar-refractivity contribution >= 4 is 16.0 Å². The van der Waals surface area contributed by atoms with Gasteiger partial charge in [0.15, 0.2) is 0 Å². The number of carboxylic acid groups (broad SMARTS) is 1. The van der Waals surface area contributed by atoms with Crippen molar-refractivity contribution in [3.63, 3.8) is 0 Å². The van der Waals surface area contributed by atoms with Crippen LogP contribution in [0, 0.1) is 17.2 Å². The van der Waals surface area contributed by atoms with Crippen LogP contribution in [0.4, 0.5) is 0 Å². The molecule has 6 nitrogen and oxygen atoms in total. The summed E-state index contributed by atoms with van der Waals surface area (Å²) >= 11 is 0. The molecule has 1 fully saturated rings. The van der Waals surface area contributed by atoms with Crippen LogP contribution in [-0.4, -0.2) is 36.4 Å². The van der Waals surface area contributed by atoms with Gasteiger partial charge in [0.1, 0.15) is 6.07 Å². The molecule has 1 aromatic carbocycles. The van der Waals surface area contributed by atoms with E-state index in [1.54, 1.807) is 19.1 Å². The summed E-state index contributed by atoms with van der Waals surface area (Å²) in [5.74, 6) is -1.69. The number of benzene rings is 1. The molecule has 1 aliphatic heterocycles. The van der Waals surface area contributed by atoms with Gasteiger partial charge >= 0.3 is 5.97 Å². The highest BCUT2D eigenvalue weighted by Crippen LogP contribution is 2.29. The number of carbonyl (C=O) groups is 1. The predicted octanol–water partition coefficient (Wildman–Crippen LogP) is 1.43. The Labute approximate surface area is 123 Å². The number of carboxylic acids is 1. The molecule has 1 N–H and O–H groups in total. The number of rotatable bonds is 3. The van der Waals surface area contributed by atoms with Gasteiger partial charge in [0.2, 0.25) is 10.0 Å². The van der Waals surface area contributed by atoms with E-state index in [1.165, 1.54) is 16.4 Å². The predicted molar refractivity (Wildman–Crippen MR) is 74.9 cm³/mol. The van der Waals surface area contributed by atoms with Crippen LogP contribution < -0.4 is 0 Å². The van der Waals surface area contributed by atoms with E-state index in [-0.39, 0.29) is 23.0 Å². The average molecular weight is 308 g/mol. The lowest BCUT2D eigenvalue weighted by Gasteiger charge is -2.35. The molecule has 112 valence electrons. The molecule has 2 rings (SSSR count). The number of hydrogen-bond donors (Lipinski definition) is 1. The quantitative estimate of drug-likeness (QED) is 0.910. The molecule has 2 atom stereocenters. The van der Waals surface area contributed by atoms with Crippen LogP contribution >= 0.6 is 0 Å². The number of nitriles is 1. The molecule has 1 aliphatic rings. The Morgan fingerprint density at radius 1 is 1.38 bits per heavy atom. The van der Waals surface area contributed by atoms with Gasteiger partial charge in [-0.25, -0.2) is 8.42 Å². The molecule has 2 unspecified atom stereocenters. The first-order valence-corrected chi connectivity index (χ1v) is 8.05. The second-order valence-corrected chi connectivity index (χ2v) is 7.00. The molecule has 0 spiro atoms. The van der Waals surface area contributed by atoms with Crippen molar-refractivity contribution in [2.24, 2.45) is 5.92 Å². The lowest BCUT2D eigenvalue weighted by Crippen LogP contribution is -2.47. The molecule has 1 saturated heterocycles. The van der Waals surface area contributed by atoms with Gasteiger partial charge < -0.3 is 5.11 Å². The van der Waals surface area contributed by atoms with Crippen LogP contribution in [-0.2, 0) is 14.8 Å². The van der Waals surface area contributed by atoms with E-state index in [9.17, 15) is 13.2 Å². The summed E-state index contributed by atoms with van der Waals surface area (Å²) in [6, 6.07) is 7.55. The molecular formula is C14H16N2O4S. The molecule has 7 heteroatoms. The SMILES string of the molecule is CC1CCC(C(=O)O)CN1S(=O)(=O)c1ccccc1C#N. The molecule has 0 bridgehead atoms. The Bertz CT molecular complexity index is 693. The second kappa shape index (κ2) is 5.84. The fourth-order valence-corrected chi connectivity index (χ4v) is 4.37. The molecule has 0 saturated carbocycles. The van der Waals surface area contributed by atoms with Gasteiger partial charge in [0.25, 0.3) is 0 Å². The smallest absolute Gasteiger partial charge is 0.307 e. The van der Waals surface area contributed by atoms with Gasteiger partial charge in [-0.15, -0.1) is 0 Å². The Balaban J connectivity index is 2.42. The highest BCUT2D eigenvalue weighted by Gasteiger charge is 2.38. The number of hydrogen-bond acceptors (Lipinski definition) is 4. The number of piperidine rings is 1. The maximum absolute atomic E-state index is 12.7. The van der Waals surface area contributed by atoms with E-state index in [0.717, 1.165) is 0 Å². The van der Waals surface area contributed by atoms with Crippen LogP contribution in [0.5, 0.6) is 0 Å². The molecule has 1 aromatic rings. The van der Waals surface area contributed by atoms with Gasteiger partial charge in [0.05, 0.1) is 16.4 Å². The van der Waals surface area contributed by atoms with Crippen molar-refractivity contribution in [2.75, 3.05) is 6.54 Å². The minimum Gasteiger partial charge on any atom is -0.481 e. The Morgan fingerprint density at radius 2 is 2.05 bits per heavy atom. The zero-order valence-electron chi connectivity index (χ0n) is 11.6. The molecular weight excluding hydrogens is 292 g/mol. The lowest BCUT2D eigenvalue weighted by atomic mass is 9.96. The summed E-state index contributed by atoms with van der Waals surface area (Å²) in [5, 5.41) is 18.2. The van der Waals surface area contributed by atoms with Gasteiger partial charge in [-0.1, -0.05) is 12.1 Å². The molecule has 1 heterocycles. The number of aliphatic carboxylic acids is 1. The van der Waals surface area contributed by atoms with E-state index in [1.807, 2.05) is 6.07 Å². The zero-order valence-corrected chi connectivity index (χ0v) is 12.4. The van der Waals surface area contributed by atoms with Crippen molar-refractivity contribution in [3.8, 4) is 6.07 Å². The maximum atomic E-state index is 12.7. The second-order valence-electron chi connectivity index (χ2n) is 5.14. The van der Waals surface area contributed by atoms with Crippen molar-refractivity contribution in [1.82, 2.24) is 4.31 Å². The summed E-state index contributed by atoms with van der Waals surface area (Å²) < 4.78 is 26.7. The van der Waals surface area contributed by atoms with E-state index in [2.05, 4.69) is 0 Å². The fraction of sp³-hybridized carbons (Fsp3) is 0.429. The first kappa shape index (κ1) is 15.5. The summed E-state index contributed by atoms with van der Waals surface area (Å²) in [6.45, 7) is 1.70. The van der Waals surface area contributed by atoms with Gasteiger partial charge in [-0.2, -0.15) is 9.57 Å². The van der Waals surface area contributed by atoms with Crippen LogP contribution in [0.2, 0.25) is 0 Å². The van der Waals surface area contributed by atoms with E-state index in [4.69, 9.17) is 10.4 Å². The minimum atomic E-state index is -3.87. The van der Waals surface area contributed by atoms with Crippen molar-refractivity contribution in [3.05, 3.63) is 29.8 Å². The Hall–Kier alpha value is -1.91. The third-order valence-electron chi connectivity index (χ3n) is 3.77. The molecule has 21 heavy (non-hydrogen) atoms. The Morgan fingerprint density at radius 3 is 2.67 bits per heavy atom. The normalized spacial score (nSPS) is 23.4. The summed E-state index contributed by atoms with van der Waals surface area (Å²) in [6.07, 6.45) is 0.952. The number of nitrogens with zero attached hydrogens (tertiary/aromatic N) is 2. The topological polar surface area (TPSA) is 98.5 Å². The number of sulfonamides is 1. The van der Waals surface area contributed by atoms with E-state index in [0.29, 0.717) is 12.8 Å². The van der Waals surface area contributed by atoms with Gasteiger partial charge in [0, 0.05) is 12.6 Å². The van der Waals surface area contributed by atoms with Crippen LogP contribution in [0.15, 0.2) is 29.2 Å². The fourth-order valence-electron chi connectivity index (χ4n) is 2.52. The summed E-state index contributed by atoms with van der Waals surface area (Å²) in [4.78, 5) is 11.1. The first-order valence-electron chi connectivity index (χ1n) is 6.61. The third kappa shape index (κ3) is 2.91. The molecule has 0 aliphatic carbocycles. The first-order chi connectivity index (χ1) is 9.87.